The lowest BCUT2D eigenvalue weighted by molar-refractivity contribution is -0.150. The number of carbonyl (C=O) groups is 1. The van der Waals surface area contributed by atoms with E-state index < -0.39 is 27.9 Å². The molecule has 1 saturated heterocycles. The van der Waals surface area contributed by atoms with Gasteiger partial charge in [0.05, 0.1) is 16.9 Å². The number of alkyl halides is 1. The first-order chi connectivity index (χ1) is 24.0. The largest absolute Gasteiger partial charge is 0.481 e. The molecule has 7 aliphatic rings. The van der Waals surface area contributed by atoms with Crippen molar-refractivity contribution in [1.29, 1.82) is 0 Å². The molecule has 0 aromatic heterocycles. The molecular weight excluding hydrogens is 660 g/mol. The van der Waals surface area contributed by atoms with Crippen LogP contribution in [0.4, 0.5) is 4.39 Å². The third-order valence-electron chi connectivity index (χ3n) is 17.1. The van der Waals surface area contributed by atoms with Crippen LogP contribution in [-0.4, -0.2) is 74.3 Å². The standard InChI is InChI=1S/C43H67FN2O4S/c1-29(2)31-14-19-43(45-22-23-46-24-26-51(49,50)27-25-46)21-20-40(5)33-8-7-9-36-39(3,4)32(30-12-17-42(28-44,18-13-30)38(47)48)15-16-41(36,6)34(33)10-11-35(40)37(31)43/h12,15,31,33-37,45H,1,7-11,13-14,16-28H2,2-6H3,(H,47,48)/t31-,33-,34-,35+,36-,37+,40-,41+,42+,43?/m0/s1. The third kappa shape index (κ3) is 6.15. The van der Waals surface area contributed by atoms with Crippen LogP contribution < -0.4 is 5.32 Å². The van der Waals surface area contributed by atoms with E-state index in [0.717, 1.165) is 19.5 Å². The van der Waals surface area contributed by atoms with Gasteiger partial charge in [-0.25, -0.2) is 12.8 Å². The number of rotatable bonds is 8. The Kier molecular flexibility index (Phi) is 9.90. The lowest BCUT2D eigenvalue weighted by Crippen LogP contribution is -2.63. The molecule has 51 heavy (non-hydrogen) atoms. The van der Waals surface area contributed by atoms with Crippen LogP contribution in [0.2, 0.25) is 0 Å². The van der Waals surface area contributed by atoms with Crippen LogP contribution in [0.3, 0.4) is 0 Å². The van der Waals surface area contributed by atoms with Gasteiger partial charge in [-0.2, -0.15) is 0 Å². The van der Waals surface area contributed by atoms with E-state index in [-0.39, 0.29) is 16.4 Å². The fraction of sp³-hybridized carbons (Fsp3) is 0.837. The Morgan fingerprint density at radius 1 is 0.941 bits per heavy atom. The molecule has 10 atom stereocenters. The van der Waals surface area contributed by atoms with Crippen molar-refractivity contribution in [2.75, 3.05) is 44.4 Å². The van der Waals surface area contributed by atoms with Gasteiger partial charge in [0.15, 0.2) is 9.84 Å². The van der Waals surface area contributed by atoms with Gasteiger partial charge in [0, 0.05) is 31.7 Å². The van der Waals surface area contributed by atoms with Crippen molar-refractivity contribution in [1.82, 2.24) is 10.2 Å². The Hall–Kier alpha value is -1.51. The highest BCUT2D eigenvalue weighted by Crippen LogP contribution is 2.71. The zero-order chi connectivity index (χ0) is 36.6. The van der Waals surface area contributed by atoms with E-state index in [9.17, 15) is 22.7 Å². The predicted octanol–water partition coefficient (Wildman–Crippen LogP) is 8.40. The third-order valence-corrected chi connectivity index (χ3v) is 18.7. The summed E-state index contributed by atoms with van der Waals surface area (Å²) >= 11 is 0. The highest BCUT2D eigenvalue weighted by atomic mass is 32.2. The van der Waals surface area contributed by atoms with Crippen molar-refractivity contribution in [3.63, 3.8) is 0 Å². The second kappa shape index (κ2) is 13.4. The molecule has 0 bridgehead atoms. The summed E-state index contributed by atoms with van der Waals surface area (Å²) < 4.78 is 38.0. The van der Waals surface area contributed by atoms with Crippen LogP contribution in [0, 0.1) is 57.2 Å². The Morgan fingerprint density at radius 3 is 2.29 bits per heavy atom. The minimum atomic E-state index is -2.87. The number of allylic oxidation sites excluding steroid dienone is 5. The highest BCUT2D eigenvalue weighted by molar-refractivity contribution is 7.91. The monoisotopic (exact) mass is 726 g/mol. The molecule has 4 saturated carbocycles. The average Bonchev–Trinajstić information content (AvgIpc) is 3.38. The maximum absolute atomic E-state index is 14.0. The van der Waals surface area contributed by atoms with Crippen molar-refractivity contribution < 1.29 is 22.7 Å². The highest BCUT2D eigenvalue weighted by Gasteiger charge is 2.65. The smallest absolute Gasteiger partial charge is 0.312 e. The molecule has 286 valence electrons. The number of sulfone groups is 1. The fourth-order valence-electron chi connectivity index (χ4n) is 14.2. The van der Waals surface area contributed by atoms with E-state index in [0.29, 0.717) is 84.8 Å². The van der Waals surface area contributed by atoms with E-state index in [2.05, 4.69) is 63.6 Å². The number of carboxylic acid groups (broad SMARTS) is 1. The number of nitrogens with zero attached hydrogens (tertiary/aromatic N) is 1. The summed E-state index contributed by atoms with van der Waals surface area (Å²) in [5, 5.41) is 14.0. The average molecular weight is 727 g/mol. The molecule has 0 aromatic rings. The molecular formula is C43H67FN2O4S. The second-order valence-electron chi connectivity index (χ2n) is 19.7. The Bertz CT molecular complexity index is 1560. The van der Waals surface area contributed by atoms with Crippen LogP contribution in [0.5, 0.6) is 0 Å². The lowest BCUT2D eigenvalue weighted by Gasteiger charge is -2.65. The fourth-order valence-corrected chi connectivity index (χ4v) is 15.5. The Balaban J connectivity index is 1.12. The van der Waals surface area contributed by atoms with Gasteiger partial charge in [-0.3, -0.25) is 4.79 Å². The van der Waals surface area contributed by atoms with Gasteiger partial charge < -0.3 is 15.3 Å². The molecule has 2 N–H and O–H groups in total. The summed E-state index contributed by atoms with van der Waals surface area (Å²) in [6.45, 7) is 19.5. The van der Waals surface area contributed by atoms with Crippen molar-refractivity contribution in [2.45, 2.75) is 124 Å². The van der Waals surface area contributed by atoms with Crippen LogP contribution >= 0.6 is 0 Å². The Labute approximate surface area is 308 Å². The summed E-state index contributed by atoms with van der Waals surface area (Å²) in [5.41, 5.74) is 3.47. The topological polar surface area (TPSA) is 86.7 Å². The van der Waals surface area contributed by atoms with Gasteiger partial charge in [-0.05, 0) is 147 Å². The normalized spacial score (nSPS) is 44.8. The zero-order valence-electron chi connectivity index (χ0n) is 32.4. The summed E-state index contributed by atoms with van der Waals surface area (Å²) in [6.07, 6.45) is 18.4. The zero-order valence-corrected chi connectivity index (χ0v) is 33.2. The number of hydrogen-bond donors (Lipinski definition) is 2. The van der Waals surface area contributed by atoms with Crippen molar-refractivity contribution in [2.24, 2.45) is 57.2 Å². The molecule has 5 fully saturated rings. The van der Waals surface area contributed by atoms with Crippen molar-refractivity contribution >= 4 is 15.8 Å². The Morgan fingerprint density at radius 2 is 1.65 bits per heavy atom. The first kappa shape index (κ1) is 37.8. The molecule has 0 spiro atoms. The maximum Gasteiger partial charge on any atom is 0.312 e. The van der Waals surface area contributed by atoms with Gasteiger partial charge in [0.1, 0.15) is 6.67 Å². The maximum atomic E-state index is 14.0. The molecule has 0 aromatic carbocycles. The van der Waals surface area contributed by atoms with Crippen LogP contribution in [-0.2, 0) is 14.6 Å². The van der Waals surface area contributed by atoms with Crippen LogP contribution in [0.1, 0.15) is 118 Å². The summed E-state index contributed by atoms with van der Waals surface area (Å²) in [6, 6.07) is 0. The van der Waals surface area contributed by atoms with E-state index in [1.54, 1.807) is 0 Å². The number of carboxylic acids is 1. The van der Waals surface area contributed by atoms with Crippen LogP contribution in [0.25, 0.3) is 0 Å². The van der Waals surface area contributed by atoms with Gasteiger partial charge in [-0.1, -0.05) is 58.4 Å². The van der Waals surface area contributed by atoms with Crippen molar-refractivity contribution in [3.8, 4) is 0 Å². The number of nitrogens with one attached hydrogen (secondary N) is 1. The minimum Gasteiger partial charge on any atom is -0.481 e. The molecule has 1 heterocycles. The number of halogens is 1. The van der Waals surface area contributed by atoms with E-state index in [1.807, 2.05) is 0 Å². The first-order valence-corrected chi connectivity index (χ1v) is 22.4. The molecule has 7 rings (SSSR count). The van der Waals surface area contributed by atoms with Gasteiger partial charge in [-0.15, -0.1) is 0 Å². The molecule has 1 unspecified atom stereocenters. The van der Waals surface area contributed by atoms with E-state index in [1.165, 1.54) is 74.5 Å². The van der Waals surface area contributed by atoms with Gasteiger partial charge in [0.2, 0.25) is 0 Å². The number of hydrogen-bond acceptors (Lipinski definition) is 5. The minimum absolute atomic E-state index is 0.00883. The summed E-state index contributed by atoms with van der Waals surface area (Å²) in [7, 11) is -2.87. The SMILES string of the molecule is C=C(C)[C@@H]1CCC2(NCCN3CCS(=O)(=O)CC3)CC[C@]3(C)[C@H](CC[C@H]4[C@@H]3CCC[C@H]3C(C)(C)C(C5=CC[C@@](CF)(C(=O)O)CC5)=CC[C@]43C)[C@@H]12. The molecule has 0 radical (unpaired) electrons. The summed E-state index contributed by atoms with van der Waals surface area (Å²) in [5.74, 6) is 3.42. The summed E-state index contributed by atoms with van der Waals surface area (Å²) in [4.78, 5) is 14.3. The molecule has 1 aliphatic heterocycles. The number of fused-ring (bicyclic) bond motifs is 7. The molecule has 6 nitrogen and oxygen atoms in total. The van der Waals surface area contributed by atoms with Gasteiger partial charge >= 0.3 is 5.97 Å². The van der Waals surface area contributed by atoms with E-state index in [4.69, 9.17) is 0 Å². The predicted molar refractivity (Wildman–Crippen MR) is 204 cm³/mol. The van der Waals surface area contributed by atoms with Crippen molar-refractivity contribution in [3.05, 3.63) is 35.5 Å². The lowest BCUT2D eigenvalue weighted by atomic mass is 9.41. The number of aliphatic carboxylic acids is 1. The first-order valence-electron chi connectivity index (χ1n) is 20.5. The van der Waals surface area contributed by atoms with E-state index >= 15 is 0 Å². The molecule has 6 aliphatic carbocycles. The van der Waals surface area contributed by atoms with Gasteiger partial charge in [0.25, 0.3) is 0 Å². The molecule has 0 amide bonds. The van der Waals surface area contributed by atoms with Crippen LogP contribution in [0.15, 0.2) is 35.5 Å². The molecule has 8 heteroatoms. The second-order valence-corrected chi connectivity index (χ2v) is 22.0. The quantitative estimate of drug-likeness (QED) is 0.245.